The number of hydrogen-bond acceptors (Lipinski definition) is 6. The SMILES string of the molecule is CN1CCCC(CN(C)c2ccc([N+](=O)[O-])c(S(C)(=O)=O)c2)C1. The van der Waals surface area contributed by atoms with Gasteiger partial charge in [-0.3, -0.25) is 10.1 Å². The number of benzene rings is 1. The molecule has 1 heterocycles. The topological polar surface area (TPSA) is 83.8 Å². The Bertz CT molecular complexity index is 690. The van der Waals surface area contributed by atoms with Gasteiger partial charge in [0.15, 0.2) is 9.84 Å². The molecule has 0 saturated carbocycles. The Morgan fingerprint density at radius 2 is 2.13 bits per heavy atom. The molecule has 1 aliphatic rings. The van der Waals surface area contributed by atoms with Crippen LogP contribution in [-0.2, 0) is 9.84 Å². The lowest BCUT2D eigenvalue weighted by atomic mass is 9.98. The van der Waals surface area contributed by atoms with Crippen LogP contribution < -0.4 is 4.90 Å². The van der Waals surface area contributed by atoms with Gasteiger partial charge in [0.05, 0.1) is 4.92 Å². The zero-order valence-electron chi connectivity index (χ0n) is 13.7. The van der Waals surface area contributed by atoms with Crippen LogP contribution in [0.2, 0.25) is 0 Å². The van der Waals surface area contributed by atoms with Crippen LogP contribution in [0, 0.1) is 16.0 Å². The van der Waals surface area contributed by atoms with Crippen molar-refractivity contribution >= 4 is 21.2 Å². The molecule has 0 bridgehead atoms. The molecule has 1 saturated heterocycles. The normalized spacial score (nSPS) is 19.5. The summed E-state index contributed by atoms with van der Waals surface area (Å²) in [5.41, 5.74) is 0.311. The van der Waals surface area contributed by atoms with Gasteiger partial charge in [0.1, 0.15) is 4.90 Å². The summed E-state index contributed by atoms with van der Waals surface area (Å²) >= 11 is 0. The van der Waals surface area contributed by atoms with Gasteiger partial charge in [0.2, 0.25) is 0 Å². The first-order chi connectivity index (χ1) is 10.7. The van der Waals surface area contributed by atoms with E-state index in [0.29, 0.717) is 11.6 Å². The van der Waals surface area contributed by atoms with Gasteiger partial charge in [0, 0.05) is 38.1 Å². The summed E-state index contributed by atoms with van der Waals surface area (Å²) in [5.74, 6) is 0.510. The van der Waals surface area contributed by atoms with Crippen LogP contribution in [0.4, 0.5) is 11.4 Å². The molecule has 0 amide bonds. The maximum atomic E-state index is 11.8. The molecule has 0 radical (unpaired) electrons. The Hall–Kier alpha value is -1.67. The van der Waals surface area contributed by atoms with Crippen molar-refractivity contribution in [2.75, 3.05) is 44.9 Å². The molecule has 1 fully saturated rings. The lowest BCUT2D eigenvalue weighted by Gasteiger charge is -2.33. The smallest absolute Gasteiger partial charge is 0.288 e. The molecule has 8 heteroatoms. The molecule has 0 aliphatic carbocycles. The van der Waals surface area contributed by atoms with Crippen molar-refractivity contribution in [2.45, 2.75) is 17.7 Å². The molecular weight excluding hydrogens is 318 g/mol. The quantitative estimate of drug-likeness (QED) is 0.599. The third-order valence-corrected chi connectivity index (χ3v) is 5.36. The van der Waals surface area contributed by atoms with Crippen LogP contribution in [0.1, 0.15) is 12.8 Å². The van der Waals surface area contributed by atoms with Crippen molar-refractivity contribution < 1.29 is 13.3 Å². The van der Waals surface area contributed by atoms with E-state index in [1.54, 1.807) is 6.07 Å². The molecule has 1 atom stereocenters. The molecule has 0 N–H and O–H groups in total. The van der Waals surface area contributed by atoms with E-state index in [4.69, 9.17) is 0 Å². The van der Waals surface area contributed by atoms with Crippen molar-refractivity contribution in [1.82, 2.24) is 4.90 Å². The molecule has 1 unspecified atom stereocenters. The number of piperidine rings is 1. The van der Waals surface area contributed by atoms with E-state index in [2.05, 4.69) is 11.9 Å². The predicted molar refractivity (Wildman–Crippen MR) is 89.7 cm³/mol. The maximum absolute atomic E-state index is 11.8. The van der Waals surface area contributed by atoms with Crippen LogP contribution in [0.25, 0.3) is 0 Å². The lowest BCUT2D eigenvalue weighted by Crippen LogP contribution is -2.38. The van der Waals surface area contributed by atoms with Crippen LogP contribution in [0.3, 0.4) is 0 Å². The van der Waals surface area contributed by atoms with Gasteiger partial charge in [0.25, 0.3) is 5.69 Å². The van der Waals surface area contributed by atoms with Crippen LogP contribution >= 0.6 is 0 Å². The average molecular weight is 341 g/mol. The lowest BCUT2D eigenvalue weighted by molar-refractivity contribution is -0.387. The van der Waals surface area contributed by atoms with Gasteiger partial charge >= 0.3 is 0 Å². The Morgan fingerprint density at radius 1 is 1.43 bits per heavy atom. The second kappa shape index (κ2) is 6.84. The van der Waals surface area contributed by atoms with E-state index in [0.717, 1.165) is 38.7 Å². The molecule has 0 aromatic heterocycles. The first-order valence-corrected chi connectivity index (χ1v) is 9.46. The second-order valence-corrected chi connectivity index (χ2v) is 8.32. The number of nitro groups is 1. The minimum Gasteiger partial charge on any atom is -0.374 e. The highest BCUT2D eigenvalue weighted by atomic mass is 32.2. The summed E-state index contributed by atoms with van der Waals surface area (Å²) in [6.45, 7) is 2.91. The summed E-state index contributed by atoms with van der Waals surface area (Å²) in [4.78, 5) is 14.4. The van der Waals surface area contributed by atoms with Crippen molar-refractivity contribution in [2.24, 2.45) is 5.92 Å². The Morgan fingerprint density at radius 3 is 2.70 bits per heavy atom. The fourth-order valence-corrected chi connectivity index (χ4v) is 3.96. The molecule has 1 aromatic carbocycles. The van der Waals surface area contributed by atoms with E-state index in [9.17, 15) is 18.5 Å². The minimum atomic E-state index is -3.65. The zero-order chi connectivity index (χ0) is 17.2. The van der Waals surface area contributed by atoms with E-state index < -0.39 is 14.8 Å². The number of hydrogen-bond donors (Lipinski definition) is 0. The number of anilines is 1. The first kappa shape index (κ1) is 17.7. The summed E-state index contributed by atoms with van der Waals surface area (Å²) in [5, 5.41) is 11.0. The highest BCUT2D eigenvalue weighted by Crippen LogP contribution is 2.29. The molecule has 23 heavy (non-hydrogen) atoms. The molecule has 2 rings (SSSR count). The van der Waals surface area contributed by atoms with E-state index in [-0.39, 0.29) is 10.6 Å². The largest absolute Gasteiger partial charge is 0.374 e. The third-order valence-electron chi connectivity index (χ3n) is 4.23. The summed E-state index contributed by atoms with van der Waals surface area (Å²) < 4.78 is 23.7. The third kappa shape index (κ3) is 4.42. The highest BCUT2D eigenvalue weighted by molar-refractivity contribution is 7.90. The van der Waals surface area contributed by atoms with Gasteiger partial charge < -0.3 is 9.80 Å². The molecule has 7 nitrogen and oxygen atoms in total. The Balaban J connectivity index is 2.24. The van der Waals surface area contributed by atoms with Crippen molar-refractivity contribution in [1.29, 1.82) is 0 Å². The Labute approximate surface area is 137 Å². The summed E-state index contributed by atoms with van der Waals surface area (Å²) in [7, 11) is 0.335. The van der Waals surface area contributed by atoms with Crippen molar-refractivity contribution in [3.8, 4) is 0 Å². The van der Waals surface area contributed by atoms with Crippen LogP contribution in [-0.4, -0.2) is 58.2 Å². The summed E-state index contributed by atoms with van der Waals surface area (Å²) in [6.07, 6.45) is 3.29. The van der Waals surface area contributed by atoms with Gasteiger partial charge in [-0.1, -0.05) is 0 Å². The van der Waals surface area contributed by atoms with Gasteiger partial charge in [-0.05, 0) is 44.5 Å². The molecule has 1 aromatic rings. The highest BCUT2D eigenvalue weighted by Gasteiger charge is 2.24. The van der Waals surface area contributed by atoms with Gasteiger partial charge in [-0.15, -0.1) is 0 Å². The van der Waals surface area contributed by atoms with Gasteiger partial charge in [-0.2, -0.15) is 0 Å². The average Bonchev–Trinajstić information content (AvgIpc) is 2.45. The van der Waals surface area contributed by atoms with Crippen molar-refractivity contribution in [3.63, 3.8) is 0 Å². The second-order valence-electron chi connectivity index (χ2n) is 6.33. The molecule has 0 spiro atoms. The molecule has 128 valence electrons. The number of nitrogens with zero attached hydrogens (tertiary/aromatic N) is 3. The molecule has 1 aliphatic heterocycles. The van der Waals surface area contributed by atoms with E-state index in [1.165, 1.54) is 12.1 Å². The first-order valence-electron chi connectivity index (χ1n) is 7.56. The minimum absolute atomic E-state index is 0.229. The molecular formula is C15H23N3O4S. The Kier molecular flexibility index (Phi) is 5.26. The number of rotatable bonds is 5. The zero-order valence-corrected chi connectivity index (χ0v) is 14.5. The van der Waals surface area contributed by atoms with Gasteiger partial charge in [-0.25, -0.2) is 8.42 Å². The van der Waals surface area contributed by atoms with E-state index >= 15 is 0 Å². The number of likely N-dealkylation sites (tertiary alicyclic amines) is 1. The summed E-state index contributed by atoms with van der Waals surface area (Å²) in [6, 6.07) is 4.29. The fourth-order valence-electron chi connectivity index (χ4n) is 3.10. The monoisotopic (exact) mass is 341 g/mol. The van der Waals surface area contributed by atoms with E-state index in [1.807, 2.05) is 11.9 Å². The maximum Gasteiger partial charge on any atom is 0.288 e. The fraction of sp³-hybridized carbons (Fsp3) is 0.600. The van der Waals surface area contributed by atoms with Crippen LogP contribution in [0.5, 0.6) is 0 Å². The predicted octanol–water partition coefficient (Wildman–Crippen LogP) is 1.78. The number of sulfone groups is 1. The van der Waals surface area contributed by atoms with Crippen molar-refractivity contribution in [3.05, 3.63) is 28.3 Å². The van der Waals surface area contributed by atoms with Crippen LogP contribution in [0.15, 0.2) is 23.1 Å². The number of nitro benzene ring substituents is 1. The standard InChI is InChI=1S/C15H23N3O4S/c1-16-8-4-5-12(10-16)11-17(2)13-6-7-14(18(19)20)15(9-13)23(3,21)22/h6-7,9,12H,4-5,8,10-11H2,1-3H3.